The Morgan fingerprint density at radius 1 is 1.12 bits per heavy atom. The minimum Gasteiger partial charge on any atom is -0.368 e. The van der Waals surface area contributed by atoms with Crippen molar-refractivity contribution in [1.82, 2.24) is 15.7 Å². The van der Waals surface area contributed by atoms with E-state index in [1.807, 2.05) is 0 Å². The molecule has 0 aromatic rings. The highest BCUT2D eigenvalue weighted by Crippen LogP contribution is 2.13. The Hall–Kier alpha value is -2.98. The molecular weight excluding hydrogens is 348 g/mol. The van der Waals surface area contributed by atoms with Gasteiger partial charge in [-0.3, -0.25) is 24.0 Å². The van der Waals surface area contributed by atoms with E-state index < -0.39 is 41.5 Å². The summed E-state index contributed by atoms with van der Waals surface area (Å²) in [5, 5.41) is 5.18. The van der Waals surface area contributed by atoms with Gasteiger partial charge in [0.2, 0.25) is 17.7 Å². The van der Waals surface area contributed by atoms with Gasteiger partial charge in [0.25, 0.3) is 11.8 Å². The smallest absolute Gasteiger partial charge is 0.333 e. The van der Waals surface area contributed by atoms with Crippen molar-refractivity contribution < 1.29 is 33.6 Å². The molecule has 1 aliphatic rings. The van der Waals surface area contributed by atoms with E-state index in [0.717, 1.165) is 0 Å². The molecule has 1 aliphatic heterocycles. The van der Waals surface area contributed by atoms with Gasteiger partial charge >= 0.3 is 5.97 Å². The molecule has 0 spiro atoms. The number of hydrogen-bond acceptors (Lipinski definition) is 7. The highest BCUT2D eigenvalue weighted by molar-refractivity contribution is 6.01. The molecule has 5 amide bonds. The number of imide groups is 1. The highest BCUT2D eigenvalue weighted by Gasteiger charge is 2.32. The van der Waals surface area contributed by atoms with Crippen LogP contribution in [0.15, 0.2) is 0 Å². The lowest BCUT2D eigenvalue weighted by Gasteiger charge is -2.14. The average molecular weight is 370 g/mol. The van der Waals surface area contributed by atoms with E-state index in [9.17, 15) is 28.8 Å². The molecule has 144 valence electrons. The molecule has 1 heterocycles. The lowest BCUT2D eigenvalue weighted by atomic mass is 10.2. The third-order valence-corrected chi connectivity index (χ3v) is 3.44. The summed E-state index contributed by atoms with van der Waals surface area (Å²) in [5.41, 5.74) is 4.90. The number of carbonyl (C=O) groups is 6. The minimum absolute atomic E-state index is 0.0253. The lowest BCUT2D eigenvalue weighted by molar-refractivity contribution is -0.197. The van der Waals surface area contributed by atoms with Gasteiger partial charge in [0.15, 0.2) is 0 Å². The minimum atomic E-state index is -0.834. The zero-order valence-corrected chi connectivity index (χ0v) is 14.4. The van der Waals surface area contributed by atoms with Crippen LogP contribution < -0.4 is 16.4 Å². The predicted molar refractivity (Wildman–Crippen MR) is 85.5 cm³/mol. The van der Waals surface area contributed by atoms with Crippen molar-refractivity contribution >= 4 is 35.5 Å². The summed E-state index contributed by atoms with van der Waals surface area (Å²) in [5.74, 6) is -3.46. The number of nitrogens with one attached hydrogen (secondary N) is 2. The summed E-state index contributed by atoms with van der Waals surface area (Å²) in [6.07, 6.45) is 0.722. The van der Waals surface area contributed by atoms with Crippen LogP contribution in [0.5, 0.6) is 0 Å². The van der Waals surface area contributed by atoms with Gasteiger partial charge < -0.3 is 21.2 Å². The zero-order valence-electron chi connectivity index (χ0n) is 14.4. The molecule has 0 aromatic carbocycles. The molecule has 11 nitrogen and oxygen atoms in total. The first kappa shape index (κ1) is 21.1. The molecule has 1 saturated heterocycles. The fraction of sp³-hybridized carbons (Fsp3) is 0.600. The summed E-state index contributed by atoms with van der Waals surface area (Å²) in [7, 11) is 0. The average Bonchev–Trinajstić information content (AvgIpc) is 2.88. The van der Waals surface area contributed by atoms with Crippen LogP contribution in [-0.4, -0.2) is 53.2 Å². The van der Waals surface area contributed by atoms with Crippen molar-refractivity contribution in [3.05, 3.63) is 0 Å². The second-order valence-electron chi connectivity index (χ2n) is 5.73. The van der Waals surface area contributed by atoms with Gasteiger partial charge in [0.1, 0.15) is 6.04 Å². The number of hydroxylamine groups is 2. The number of carbonyl (C=O) groups excluding carboxylic acids is 6. The molecule has 1 fully saturated rings. The first-order valence-electron chi connectivity index (χ1n) is 8.12. The SMILES string of the molecule is CC(NC(=O)CCCCC(=O)ON1C(=O)CCC1=O)C(=O)NCC(N)=O. The number of hydrogen-bond donors (Lipinski definition) is 3. The molecule has 1 unspecified atom stereocenters. The molecule has 11 heteroatoms. The first-order valence-corrected chi connectivity index (χ1v) is 8.12. The monoisotopic (exact) mass is 370 g/mol. The van der Waals surface area contributed by atoms with Gasteiger partial charge in [0.05, 0.1) is 6.54 Å². The van der Waals surface area contributed by atoms with Crippen LogP contribution in [0.25, 0.3) is 0 Å². The van der Waals surface area contributed by atoms with Crippen LogP contribution in [0.4, 0.5) is 0 Å². The number of amides is 5. The van der Waals surface area contributed by atoms with E-state index in [0.29, 0.717) is 17.9 Å². The Labute approximate surface area is 149 Å². The van der Waals surface area contributed by atoms with Crippen molar-refractivity contribution in [2.75, 3.05) is 6.54 Å². The lowest BCUT2D eigenvalue weighted by Crippen LogP contribution is -2.46. The Balaban J connectivity index is 2.18. The van der Waals surface area contributed by atoms with Gasteiger partial charge in [-0.25, -0.2) is 4.79 Å². The fourth-order valence-electron chi connectivity index (χ4n) is 2.07. The molecule has 1 rings (SSSR count). The van der Waals surface area contributed by atoms with E-state index in [1.165, 1.54) is 6.92 Å². The molecule has 0 saturated carbocycles. The quantitative estimate of drug-likeness (QED) is 0.303. The van der Waals surface area contributed by atoms with E-state index in [-0.39, 0.29) is 32.2 Å². The first-order chi connectivity index (χ1) is 12.2. The van der Waals surface area contributed by atoms with Crippen LogP contribution in [0.1, 0.15) is 45.4 Å². The Morgan fingerprint density at radius 3 is 2.27 bits per heavy atom. The number of nitrogens with two attached hydrogens (primary N) is 1. The summed E-state index contributed by atoms with van der Waals surface area (Å²) < 4.78 is 0. The predicted octanol–water partition coefficient (Wildman–Crippen LogP) is -1.74. The molecule has 0 aliphatic carbocycles. The topological polar surface area (TPSA) is 165 Å². The van der Waals surface area contributed by atoms with Crippen LogP contribution in [0, 0.1) is 0 Å². The van der Waals surface area contributed by atoms with Gasteiger partial charge in [0, 0.05) is 25.7 Å². The second-order valence-corrected chi connectivity index (χ2v) is 5.73. The van der Waals surface area contributed by atoms with Crippen LogP contribution in [0.3, 0.4) is 0 Å². The highest BCUT2D eigenvalue weighted by atomic mass is 16.7. The van der Waals surface area contributed by atoms with Crippen LogP contribution in [0.2, 0.25) is 0 Å². The normalized spacial score (nSPS) is 14.7. The maximum Gasteiger partial charge on any atom is 0.333 e. The fourth-order valence-corrected chi connectivity index (χ4v) is 2.07. The number of rotatable bonds is 10. The van der Waals surface area contributed by atoms with Gasteiger partial charge in [-0.2, -0.15) is 0 Å². The standard InChI is InChI=1S/C15H22N4O7/c1-9(15(25)17-8-10(16)20)18-11(21)4-2-3-5-14(24)26-19-12(22)6-7-13(19)23/h9H,2-8H2,1H3,(H2,16,20)(H,17,25)(H,18,21). The Kier molecular flexibility index (Phi) is 8.19. The number of primary amides is 1. The van der Waals surface area contributed by atoms with Crippen molar-refractivity contribution in [2.24, 2.45) is 5.73 Å². The maximum absolute atomic E-state index is 11.7. The van der Waals surface area contributed by atoms with E-state index in [2.05, 4.69) is 15.5 Å². The van der Waals surface area contributed by atoms with Crippen LogP contribution >= 0.6 is 0 Å². The second kappa shape index (κ2) is 10.1. The number of unbranched alkanes of at least 4 members (excludes halogenated alkanes) is 1. The molecule has 0 radical (unpaired) electrons. The third kappa shape index (κ3) is 7.28. The number of nitrogens with zero attached hydrogens (tertiary/aromatic N) is 1. The zero-order chi connectivity index (χ0) is 19.7. The molecule has 4 N–H and O–H groups in total. The molecule has 0 aromatic heterocycles. The van der Waals surface area contributed by atoms with Gasteiger partial charge in [-0.05, 0) is 19.8 Å². The van der Waals surface area contributed by atoms with Gasteiger partial charge in [-0.15, -0.1) is 5.06 Å². The van der Waals surface area contributed by atoms with E-state index in [4.69, 9.17) is 5.73 Å². The molecule has 1 atom stereocenters. The van der Waals surface area contributed by atoms with Crippen molar-refractivity contribution in [3.8, 4) is 0 Å². The van der Waals surface area contributed by atoms with E-state index >= 15 is 0 Å². The maximum atomic E-state index is 11.7. The molecule has 26 heavy (non-hydrogen) atoms. The van der Waals surface area contributed by atoms with Crippen LogP contribution in [-0.2, 0) is 33.6 Å². The summed E-state index contributed by atoms with van der Waals surface area (Å²) in [6, 6.07) is -0.834. The Morgan fingerprint density at radius 2 is 1.69 bits per heavy atom. The van der Waals surface area contributed by atoms with E-state index in [1.54, 1.807) is 0 Å². The van der Waals surface area contributed by atoms with Crippen molar-refractivity contribution in [1.29, 1.82) is 0 Å². The largest absolute Gasteiger partial charge is 0.368 e. The van der Waals surface area contributed by atoms with Crippen molar-refractivity contribution in [2.45, 2.75) is 51.5 Å². The third-order valence-electron chi connectivity index (χ3n) is 3.44. The molecular formula is C15H22N4O7. The van der Waals surface area contributed by atoms with Gasteiger partial charge in [-0.1, -0.05) is 0 Å². The van der Waals surface area contributed by atoms with Crippen molar-refractivity contribution in [3.63, 3.8) is 0 Å². The Bertz CT molecular complexity index is 589. The molecule has 0 bridgehead atoms. The summed E-state index contributed by atoms with van der Waals surface area (Å²) in [6.45, 7) is 1.14. The summed E-state index contributed by atoms with van der Waals surface area (Å²) in [4.78, 5) is 72.7. The summed E-state index contributed by atoms with van der Waals surface area (Å²) >= 11 is 0.